The molecule has 0 aromatic heterocycles. The van der Waals surface area contributed by atoms with Crippen molar-refractivity contribution < 1.29 is 28.6 Å². The van der Waals surface area contributed by atoms with E-state index in [2.05, 4.69) is 106 Å². The minimum absolute atomic E-state index is 0.113. The Morgan fingerprint density at radius 3 is 1.22 bits per heavy atom. The number of allylic oxidation sites excluding steroid dienone is 20. The quantitative estimate of drug-likeness (QED) is 0.0200. The van der Waals surface area contributed by atoms with Gasteiger partial charge in [-0.05, 0) is 77.0 Å². The van der Waals surface area contributed by atoms with Crippen LogP contribution in [0.1, 0.15) is 201 Å². The van der Waals surface area contributed by atoms with Crippen molar-refractivity contribution in [2.24, 2.45) is 0 Å². The van der Waals surface area contributed by atoms with Crippen LogP contribution < -0.4 is 0 Å². The molecule has 0 bridgehead atoms. The molecule has 0 N–H and O–H groups in total. The second-order valence-electron chi connectivity index (χ2n) is 16.1. The second-order valence-corrected chi connectivity index (χ2v) is 16.1. The predicted octanol–water partition coefficient (Wildman–Crippen LogP) is 16.5. The van der Waals surface area contributed by atoms with Crippen LogP contribution in [-0.4, -0.2) is 37.2 Å². The molecule has 0 saturated heterocycles. The van der Waals surface area contributed by atoms with Crippen LogP contribution in [-0.2, 0) is 28.6 Å². The van der Waals surface area contributed by atoms with E-state index in [1.165, 1.54) is 51.4 Å². The lowest BCUT2D eigenvalue weighted by atomic mass is 10.1. The van der Waals surface area contributed by atoms with E-state index in [-0.39, 0.29) is 44.0 Å². The minimum Gasteiger partial charge on any atom is -0.462 e. The lowest BCUT2D eigenvalue weighted by Gasteiger charge is -2.18. The van der Waals surface area contributed by atoms with Crippen LogP contribution >= 0.6 is 0 Å². The average molecular weight is 871 g/mol. The van der Waals surface area contributed by atoms with Crippen molar-refractivity contribution in [3.63, 3.8) is 0 Å². The van der Waals surface area contributed by atoms with Gasteiger partial charge in [0.1, 0.15) is 13.2 Å². The van der Waals surface area contributed by atoms with Crippen molar-refractivity contribution in [1.82, 2.24) is 0 Å². The number of ether oxygens (including phenoxy) is 3. The SMILES string of the molecule is CC\C=C/C=C\C=C/C=C\CCCCCCCC(=O)OC(COC(=O)CC/C=C\C/C=C\C/C=C\C/C=C\C/C=C\C/C=C\CC)COC(=O)CCCCCCCCCCCCC. The van der Waals surface area contributed by atoms with Crippen LogP contribution in [0.25, 0.3) is 0 Å². The maximum absolute atomic E-state index is 12.8. The van der Waals surface area contributed by atoms with Gasteiger partial charge in [0.2, 0.25) is 0 Å². The van der Waals surface area contributed by atoms with E-state index in [0.717, 1.165) is 103 Å². The Labute approximate surface area is 386 Å². The Hall–Kier alpha value is -4.19. The number of rotatable bonds is 43. The molecular formula is C57H90O6. The van der Waals surface area contributed by atoms with Gasteiger partial charge in [-0.3, -0.25) is 14.4 Å². The van der Waals surface area contributed by atoms with Gasteiger partial charge in [0.15, 0.2) is 6.10 Å². The zero-order valence-electron chi connectivity index (χ0n) is 40.3. The smallest absolute Gasteiger partial charge is 0.306 e. The fourth-order valence-electron chi connectivity index (χ4n) is 6.36. The topological polar surface area (TPSA) is 78.9 Å². The highest BCUT2D eigenvalue weighted by atomic mass is 16.6. The van der Waals surface area contributed by atoms with Gasteiger partial charge < -0.3 is 14.2 Å². The van der Waals surface area contributed by atoms with Gasteiger partial charge in [0.05, 0.1) is 0 Å². The molecule has 6 heteroatoms. The molecule has 1 unspecified atom stereocenters. The maximum Gasteiger partial charge on any atom is 0.306 e. The van der Waals surface area contributed by atoms with Crippen LogP contribution in [0, 0.1) is 0 Å². The summed E-state index contributed by atoms with van der Waals surface area (Å²) in [6.45, 7) is 6.27. The lowest BCUT2D eigenvalue weighted by Crippen LogP contribution is -2.30. The van der Waals surface area contributed by atoms with Crippen molar-refractivity contribution in [3.05, 3.63) is 122 Å². The molecule has 63 heavy (non-hydrogen) atoms. The Balaban J connectivity index is 4.55. The van der Waals surface area contributed by atoms with Gasteiger partial charge in [-0.1, -0.05) is 226 Å². The largest absolute Gasteiger partial charge is 0.462 e. The number of hydrogen-bond donors (Lipinski definition) is 0. The van der Waals surface area contributed by atoms with E-state index in [4.69, 9.17) is 14.2 Å². The lowest BCUT2D eigenvalue weighted by molar-refractivity contribution is -0.166. The number of carbonyl (C=O) groups excluding carboxylic acids is 3. The molecule has 354 valence electrons. The third-order valence-electron chi connectivity index (χ3n) is 10.1. The van der Waals surface area contributed by atoms with Crippen LogP contribution in [0.2, 0.25) is 0 Å². The van der Waals surface area contributed by atoms with Gasteiger partial charge in [-0.25, -0.2) is 0 Å². The summed E-state index contributed by atoms with van der Waals surface area (Å²) in [6, 6.07) is 0. The van der Waals surface area contributed by atoms with Crippen LogP contribution in [0.3, 0.4) is 0 Å². The third-order valence-corrected chi connectivity index (χ3v) is 10.1. The Bertz CT molecular complexity index is 1370. The molecule has 0 amide bonds. The van der Waals surface area contributed by atoms with Crippen molar-refractivity contribution in [2.45, 2.75) is 207 Å². The third kappa shape index (κ3) is 48.7. The second kappa shape index (κ2) is 50.5. The van der Waals surface area contributed by atoms with E-state index >= 15 is 0 Å². The average Bonchev–Trinajstić information content (AvgIpc) is 3.28. The molecule has 0 heterocycles. The summed E-state index contributed by atoms with van der Waals surface area (Å²) in [6.07, 6.45) is 69.0. The minimum atomic E-state index is -0.822. The van der Waals surface area contributed by atoms with E-state index in [9.17, 15) is 14.4 Å². The normalized spacial score (nSPS) is 13.1. The summed E-state index contributed by atoms with van der Waals surface area (Å²) in [4.78, 5) is 37.9. The molecule has 0 rings (SSSR count). The molecule has 0 aliphatic carbocycles. The zero-order valence-corrected chi connectivity index (χ0v) is 40.3. The first kappa shape index (κ1) is 58.8. The predicted molar refractivity (Wildman–Crippen MR) is 269 cm³/mol. The van der Waals surface area contributed by atoms with Crippen molar-refractivity contribution in [1.29, 1.82) is 0 Å². The molecule has 0 fully saturated rings. The fourth-order valence-corrected chi connectivity index (χ4v) is 6.36. The Morgan fingerprint density at radius 1 is 0.349 bits per heavy atom. The highest BCUT2D eigenvalue weighted by Gasteiger charge is 2.19. The van der Waals surface area contributed by atoms with E-state index in [0.29, 0.717) is 12.8 Å². The number of unbranched alkanes of at least 4 members (excludes halogenated alkanes) is 15. The molecule has 0 spiro atoms. The van der Waals surface area contributed by atoms with Gasteiger partial charge in [-0.15, -0.1) is 0 Å². The molecule has 1 atom stereocenters. The fraction of sp³-hybridized carbons (Fsp3) is 0.596. The van der Waals surface area contributed by atoms with Crippen LogP contribution in [0.4, 0.5) is 0 Å². The van der Waals surface area contributed by atoms with E-state index in [1.54, 1.807) is 0 Å². The zero-order chi connectivity index (χ0) is 45.8. The number of hydrogen-bond acceptors (Lipinski definition) is 6. The summed E-state index contributed by atoms with van der Waals surface area (Å²) < 4.78 is 16.7. The first-order chi connectivity index (χ1) is 31.0. The van der Waals surface area contributed by atoms with E-state index < -0.39 is 6.10 Å². The molecule has 0 aromatic rings. The first-order valence-electron chi connectivity index (χ1n) is 25.1. The highest BCUT2D eigenvalue weighted by Crippen LogP contribution is 2.13. The molecule has 0 saturated carbocycles. The molecule has 0 aliphatic heterocycles. The summed E-state index contributed by atoms with van der Waals surface area (Å²) in [5, 5.41) is 0. The number of esters is 3. The Morgan fingerprint density at radius 2 is 0.730 bits per heavy atom. The van der Waals surface area contributed by atoms with E-state index in [1.807, 2.05) is 36.5 Å². The summed E-state index contributed by atoms with van der Waals surface area (Å²) in [7, 11) is 0. The molecule has 0 radical (unpaired) electrons. The highest BCUT2D eigenvalue weighted by molar-refractivity contribution is 5.71. The molecule has 0 aromatic carbocycles. The van der Waals surface area contributed by atoms with Crippen molar-refractivity contribution in [3.8, 4) is 0 Å². The van der Waals surface area contributed by atoms with Gasteiger partial charge in [-0.2, -0.15) is 0 Å². The summed E-state index contributed by atoms with van der Waals surface area (Å²) >= 11 is 0. The van der Waals surface area contributed by atoms with Crippen LogP contribution in [0.5, 0.6) is 0 Å². The van der Waals surface area contributed by atoms with Crippen molar-refractivity contribution >= 4 is 17.9 Å². The molecule has 6 nitrogen and oxygen atoms in total. The molecular weight excluding hydrogens is 781 g/mol. The molecule has 0 aliphatic rings. The van der Waals surface area contributed by atoms with Gasteiger partial charge in [0.25, 0.3) is 0 Å². The standard InChI is InChI=1S/C57H90O6/c1-4-7-10-13-16-19-22-24-26-27-28-29-31-32-35-38-41-44-47-50-56(59)62-53-54(52-61-55(58)49-46-43-40-37-34-21-18-15-12-9-6-3)63-57(60)51-48-45-42-39-36-33-30-25-23-20-17-14-11-8-5-2/h7-8,10-11,14,16-17,19-20,23-26,28-30,32,35,41,44,54H,4-6,9,12-13,15,18,21-22,27,31,33-34,36-40,42-43,45-53H2,1-3H3/b10-7-,11-8-,17-14-,19-16-,23-20-,26-24-,29-28-,30-25-,35-32-,44-41-. The monoisotopic (exact) mass is 871 g/mol. The maximum atomic E-state index is 12.8. The summed E-state index contributed by atoms with van der Waals surface area (Å²) in [5.74, 6) is -1.03. The first-order valence-corrected chi connectivity index (χ1v) is 25.1. The number of carbonyl (C=O) groups is 3. The summed E-state index contributed by atoms with van der Waals surface area (Å²) in [5.41, 5.74) is 0. The van der Waals surface area contributed by atoms with Crippen LogP contribution in [0.15, 0.2) is 122 Å². The van der Waals surface area contributed by atoms with Crippen molar-refractivity contribution in [2.75, 3.05) is 13.2 Å². The Kier molecular flexibility index (Phi) is 47.1. The van der Waals surface area contributed by atoms with Gasteiger partial charge >= 0.3 is 17.9 Å². The van der Waals surface area contributed by atoms with Gasteiger partial charge in [0, 0.05) is 19.3 Å².